The maximum Gasteiger partial charge on any atom is 0.251 e. The lowest BCUT2D eigenvalue weighted by Gasteiger charge is -2.31. The second kappa shape index (κ2) is 10.5. The first-order valence-electron chi connectivity index (χ1n) is 12.0. The van der Waals surface area contributed by atoms with Crippen molar-refractivity contribution in [1.82, 2.24) is 10.2 Å². The fraction of sp³-hybridized carbons (Fsp3) is 0.276. The molecule has 0 bridgehead atoms. The average molecular weight is 507 g/mol. The molecule has 0 saturated heterocycles. The van der Waals surface area contributed by atoms with Crippen molar-refractivity contribution in [2.45, 2.75) is 37.9 Å². The molecule has 1 aliphatic carbocycles. The molecular formula is C29H28Cl2N2O2. The van der Waals surface area contributed by atoms with Crippen LogP contribution >= 0.6 is 23.2 Å². The zero-order valence-corrected chi connectivity index (χ0v) is 20.9. The Morgan fingerprint density at radius 3 is 2.40 bits per heavy atom. The van der Waals surface area contributed by atoms with E-state index < -0.39 is 0 Å². The first-order chi connectivity index (χ1) is 17.0. The van der Waals surface area contributed by atoms with Crippen molar-refractivity contribution in [2.75, 3.05) is 13.2 Å². The minimum absolute atomic E-state index is 0.0209. The van der Waals surface area contributed by atoms with Crippen LogP contribution in [0.5, 0.6) is 0 Å². The third-order valence-electron chi connectivity index (χ3n) is 6.80. The summed E-state index contributed by atoms with van der Waals surface area (Å²) < 4.78 is 0. The summed E-state index contributed by atoms with van der Waals surface area (Å²) in [5, 5.41) is 14.2. The SMILES string of the molecule is O=C(C1=C(c2cccc(-c3ccccc3)c2)CC(CO)NC1)N(Cc1cccc(Cl)c1Cl)C1CC1. The number of nitrogens with zero attached hydrogens (tertiary/aromatic N) is 1. The van der Waals surface area contributed by atoms with E-state index >= 15 is 0 Å². The summed E-state index contributed by atoms with van der Waals surface area (Å²) in [6.45, 7) is 0.864. The minimum Gasteiger partial charge on any atom is -0.395 e. The van der Waals surface area contributed by atoms with Gasteiger partial charge in [0.1, 0.15) is 0 Å². The van der Waals surface area contributed by atoms with Crippen LogP contribution in [0.3, 0.4) is 0 Å². The van der Waals surface area contributed by atoms with Crippen LogP contribution in [0.2, 0.25) is 10.0 Å². The van der Waals surface area contributed by atoms with Crippen LogP contribution in [0.15, 0.2) is 78.4 Å². The molecule has 5 rings (SSSR count). The number of rotatable bonds is 7. The predicted molar refractivity (Wildman–Crippen MR) is 142 cm³/mol. The van der Waals surface area contributed by atoms with Crippen LogP contribution in [0, 0.1) is 0 Å². The quantitative estimate of drug-likeness (QED) is 0.415. The van der Waals surface area contributed by atoms with Gasteiger partial charge in [0.2, 0.25) is 0 Å². The average Bonchev–Trinajstić information content (AvgIpc) is 3.75. The fourth-order valence-electron chi connectivity index (χ4n) is 4.72. The summed E-state index contributed by atoms with van der Waals surface area (Å²) in [7, 11) is 0. The molecule has 2 aliphatic rings. The van der Waals surface area contributed by atoms with Crippen molar-refractivity contribution in [3.05, 3.63) is 99.5 Å². The summed E-state index contributed by atoms with van der Waals surface area (Å²) in [6.07, 6.45) is 2.57. The zero-order chi connectivity index (χ0) is 24.4. The van der Waals surface area contributed by atoms with Crippen LogP contribution in [0.1, 0.15) is 30.4 Å². The fourth-order valence-corrected chi connectivity index (χ4v) is 5.10. The smallest absolute Gasteiger partial charge is 0.251 e. The molecule has 1 fully saturated rings. The number of nitrogens with one attached hydrogen (secondary N) is 1. The first kappa shape index (κ1) is 24.1. The number of hydrogen-bond acceptors (Lipinski definition) is 3. The number of carbonyl (C=O) groups excluding carboxylic acids is 1. The number of halogens is 2. The van der Waals surface area contributed by atoms with Gasteiger partial charge < -0.3 is 15.3 Å². The molecule has 1 heterocycles. The summed E-state index contributed by atoms with van der Waals surface area (Å²) in [5.41, 5.74) is 5.85. The Kier molecular flexibility index (Phi) is 7.26. The normalized spacial score (nSPS) is 18.0. The number of aliphatic hydroxyl groups excluding tert-OH is 1. The largest absolute Gasteiger partial charge is 0.395 e. The molecule has 6 heteroatoms. The molecule has 0 spiro atoms. The Bertz CT molecular complexity index is 1250. The van der Waals surface area contributed by atoms with Crippen LogP contribution in [0.25, 0.3) is 16.7 Å². The molecule has 35 heavy (non-hydrogen) atoms. The molecule has 1 aliphatic heterocycles. The zero-order valence-electron chi connectivity index (χ0n) is 19.4. The minimum atomic E-state index is -0.0846. The van der Waals surface area contributed by atoms with Gasteiger partial charge in [-0.05, 0) is 59.2 Å². The molecule has 180 valence electrons. The van der Waals surface area contributed by atoms with Crippen LogP contribution in [-0.2, 0) is 11.3 Å². The molecule has 4 nitrogen and oxygen atoms in total. The van der Waals surface area contributed by atoms with Crippen LogP contribution in [0.4, 0.5) is 0 Å². The van der Waals surface area contributed by atoms with E-state index in [9.17, 15) is 9.90 Å². The number of amides is 1. The highest BCUT2D eigenvalue weighted by Crippen LogP contribution is 2.36. The molecule has 1 unspecified atom stereocenters. The highest BCUT2D eigenvalue weighted by atomic mass is 35.5. The van der Waals surface area contributed by atoms with E-state index in [1.165, 1.54) is 0 Å². The van der Waals surface area contributed by atoms with Gasteiger partial charge in [-0.15, -0.1) is 0 Å². The molecule has 0 radical (unpaired) electrons. The molecular weight excluding hydrogens is 479 g/mol. The van der Waals surface area contributed by atoms with Crippen molar-refractivity contribution >= 4 is 34.7 Å². The second-order valence-corrected chi connectivity index (χ2v) is 10.0. The molecule has 0 aromatic heterocycles. The van der Waals surface area contributed by atoms with Gasteiger partial charge in [0.15, 0.2) is 0 Å². The van der Waals surface area contributed by atoms with Gasteiger partial charge in [0.25, 0.3) is 5.91 Å². The topological polar surface area (TPSA) is 52.6 Å². The van der Waals surface area contributed by atoms with Crippen molar-refractivity contribution in [1.29, 1.82) is 0 Å². The Labute approximate surface area is 216 Å². The second-order valence-electron chi connectivity index (χ2n) is 9.25. The number of hydrogen-bond donors (Lipinski definition) is 2. The van der Waals surface area contributed by atoms with E-state index in [0.29, 0.717) is 29.6 Å². The van der Waals surface area contributed by atoms with E-state index in [1.54, 1.807) is 6.07 Å². The highest BCUT2D eigenvalue weighted by molar-refractivity contribution is 6.42. The monoisotopic (exact) mass is 506 g/mol. The van der Waals surface area contributed by atoms with Gasteiger partial charge in [-0.1, -0.05) is 83.9 Å². The van der Waals surface area contributed by atoms with Gasteiger partial charge in [0.05, 0.1) is 16.7 Å². The summed E-state index contributed by atoms with van der Waals surface area (Å²) in [5.74, 6) is 0.0209. The maximum absolute atomic E-state index is 14.0. The Morgan fingerprint density at radius 2 is 1.66 bits per heavy atom. The maximum atomic E-state index is 14.0. The van der Waals surface area contributed by atoms with E-state index in [1.807, 2.05) is 41.3 Å². The van der Waals surface area contributed by atoms with E-state index in [-0.39, 0.29) is 24.6 Å². The van der Waals surface area contributed by atoms with Crippen molar-refractivity contribution in [2.24, 2.45) is 0 Å². The number of benzene rings is 3. The summed E-state index contributed by atoms with van der Waals surface area (Å²) in [6, 6.07) is 24.2. The van der Waals surface area contributed by atoms with E-state index in [0.717, 1.165) is 46.2 Å². The highest BCUT2D eigenvalue weighted by Gasteiger charge is 2.36. The molecule has 1 atom stereocenters. The van der Waals surface area contributed by atoms with Crippen molar-refractivity contribution < 1.29 is 9.90 Å². The van der Waals surface area contributed by atoms with Crippen LogP contribution < -0.4 is 5.32 Å². The summed E-state index contributed by atoms with van der Waals surface area (Å²) in [4.78, 5) is 15.9. The third kappa shape index (κ3) is 5.31. The molecule has 3 aromatic carbocycles. The number of aliphatic hydroxyl groups is 1. The first-order valence-corrected chi connectivity index (χ1v) is 12.8. The Hall–Kier alpha value is -2.63. The van der Waals surface area contributed by atoms with Crippen molar-refractivity contribution in [3.8, 4) is 11.1 Å². The lowest BCUT2D eigenvalue weighted by atomic mass is 9.88. The van der Waals surface area contributed by atoms with Gasteiger partial charge in [-0.2, -0.15) is 0 Å². The predicted octanol–water partition coefficient (Wildman–Crippen LogP) is 5.96. The Balaban J connectivity index is 1.53. The standard InChI is InChI=1S/C29H28Cl2N2O2/c30-27-11-5-10-22(28(27)31)17-33(24-12-13-24)29(35)26-16-32-23(18-34)15-25(26)21-9-4-8-20(14-21)19-6-2-1-3-7-19/h1-11,14,23-24,32,34H,12-13,15-18H2. The van der Waals surface area contributed by atoms with E-state index in [4.69, 9.17) is 23.2 Å². The Morgan fingerprint density at radius 1 is 0.943 bits per heavy atom. The van der Waals surface area contributed by atoms with E-state index in [2.05, 4.69) is 35.6 Å². The van der Waals surface area contributed by atoms with Crippen molar-refractivity contribution in [3.63, 3.8) is 0 Å². The lowest BCUT2D eigenvalue weighted by molar-refractivity contribution is -0.128. The van der Waals surface area contributed by atoms with Crippen LogP contribution in [-0.4, -0.2) is 41.1 Å². The van der Waals surface area contributed by atoms with Gasteiger partial charge in [-0.25, -0.2) is 0 Å². The molecule has 1 saturated carbocycles. The lowest BCUT2D eigenvalue weighted by Crippen LogP contribution is -2.43. The van der Waals surface area contributed by atoms with Gasteiger partial charge in [0, 0.05) is 30.7 Å². The summed E-state index contributed by atoms with van der Waals surface area (Å²) >= 11 is 12.7. The van der Waals surface area contributed by atoms with Gasteiger partial charge >= 0.3 is 0 Å². The van der Waals surface area contributed by atoms with Gasteiger partial charge in [-0.3, -0.25) is 4.79 Å². The number of carbonyl (C=O) groups is 1. The molecule has 2 N–H and O–H groups in total. The molecule has 3 aromatic rings. The molecule has 1 amide bonds. The third-order valence-corrected chi connectivity index (χ3v) is 7.66.